The minimum Gasteiger partial charge on any atom is -0.370 e. The molecular weight excluding hydrogens is 312 g/mol. The lowest BCUT2D eigenvalue weighted by atomic mass is 10.1. The fourth-order valence-corrected chi connectivity index (χ4v) is 2.60. The van der Waals surface area contributed by atoms with Crippen molar-refractivity contribution in [2.24, 2.45) is 0 Å². The van der Waals surface area contributed by atoms with E-state index >= 15 is 0 Å². The van der Waals surface area contributed by atoms with E-state index in [-0.39, 0.29) is 18.1 Å². The van der Waals surface area contributed by atoms with Gasteiger partial charge in [-0.15, -0.1) is 5.10 Å². The van der Waals surface area contributed by atoms with Crippen molar-refractivity contribution in [1.29, 1.82) is 0 Å². The Labute approximate surface area is 138 Å². The zero-order valence-electron chi connectivity index (χ0n) is 13.6. The number of anilines is 2. The maximum Gasteiger partial charge on any atom is 0.270 e. The van der Waals surface area contributed by atoms with Crippen molar-refractivity contribution in [3.05, 3.63) is 22.6 Å². The number of nitrogens with zero attached hydrogens (tertiary/aromatic N) is 7. The molecule has 0 aromatic carbocycles. The highest BCUT2D eigenvalue weighted by molar-refractivity contribution is 5.88. The van der Waals surface area contributed by atoms with Gasteiger partial charge in [0.1, 0.15) is 6.54 Å². The molecule has 0 spiro atoms. The van der Waals surface area contributed by atoms with Crippen molar-refractivity contribution in [3.8, 4) is 0 Å². The van der Waals surface area contributed by atoms with Gasteiger partial charge in [-0.25, -0.2) is 4.68 Å². The average Bonchev–Trinajstić information content (AvgIpc) is 3.05. The first-order valence-electron chi connectivity index (χ1n) is 8.05. The molecule has 10 nitrogen and oxygen atoms in total. The monoisotopic (exact) mass is 332 g/mol. The van der Waals surface area contributed by atoms with Crippen molar-refractivity contribution < 1.29 is 4.79 Å². The van der Waals surface area contributed by atoms with Crippen LogP contribution in [-0.4, -0.2) is 49.0 Å². The fraction of sp³-hybridized carbons (Fsp3) is 0.571. The number of carbonyl (C=O) groups is 1. The van der Waals surface area contributed by atoms with E-state index in [2.05, 4.69) is 30.7 Å². The Morgan fingerprint density at radius 1 is 1.29 bits per heavy atom. The van der Waals surface area contributed by atoms with Gasteiger partial charge in [0.05, 0.1) is 18.4 Å². The lowest BCUT2D eigenvalue weighted by molar-refractivity contribution is -0.117. The van der Waals surface area contributed by atoms with Crippen LogP contribution < -0.4 is 15.8 Å². The second-order valence-electron chi connectivity index (χ2n) is 5.61. The summed E-state index contributed by atoms with van der Waals surface area (Å²) in [4.78, 5) is 27.6. The minimum absolute atomic E-state index is 0.111. The van der Waals surface area contributed by atoms with Gasteiger partial charge in [0.2, 0.25) is 5.91 Å². The first-order valence-corrected chi connectivity index (χ1v) is 8.05. The minimum atomic E-state index is -0.425. The second kappa shape index (κ2) is 7.20. The molecule has 128 valence electrons. The van der Waals surface area contributed by atoms with E-state index in [0.717, 1.165) is 36.3 Å². The van der Waals surface area contributed by atoms with Crippen LogP contribution in [0.5, 0.6) is 0 Å². The van der Waals surface area contributed by atoms with Gasteiger partial charge in [-0.05, 0) is 31.4 Å². The summed E-state index contributed by atoms with van der Waals surface area (Å²) < 4.78 is 1.12. The molecule has 2 aromatic rings. The largest absolute Gasteiger partial charge is 0.370 e. The standard InChI is InChI=1S/C14H20N8O2/c1-2-22-18-14(17-19-22)16-12(23)10-21-13(24)8-11(9-15-21)20-6-4-3-5-7-20/h8-9H,2-7,10H2,1H3,(H,16,18,23). The first kappa shape index (κ1) is 16.1. The van der Waals surface area contributed by atoms with E-state index < -0.39 is 5.91 Å². The normalized spacial score (nSPS) is 14.6. The summed E-state index contributed by atoms with van der Waals surface area (Å²) in [7, 11) is 0. The lowest BCUT2D eigenvalue weighted by Gasteiger charge is -2.28. The molecule has 0 aliphatic carbocycles. The maximum absolute atomic E-state index is 12.2. The summed E-state index contributed by atoms with van der Waals surface area (Å²) in [5.74, 6) is -0.314. The van der Waals surface area contributed by atoms with Crippen molar-refractivity contribution >= 4 is 17.5 Å². The molecule has 1 N–H and O–H groups in total. The number of hydrogen-bond donors (Lipinski definition) is 1. The Morgan fingerprint density at radius 3 is 2.75 bits per heavy atom. The SMILES string of the molecule is CCn1nnc(NC(=O)Cn2ncc(N3CCCCC3)cc2=O)n1. The Morgan fingerprint density at radius 2 is 2.08 bits per heavy atom. The molecule has 1 aliphatic rings. The number of hydrogen-bond acceptors (Lipinski definition) is 7. The molecule has 10 heteroatoms. The van der Waals surface area contributed by atoms with Crippen LogP contribution in [0.2, 0.25) is 0 Å². The van der Waals surface area contributed by atoms with Crippen molar-refractivity contribution in [1.82, 2.24) is 30.0 Å². The number of piperidine rings is 1. The summed E-state index contributed by atoms with van der Waals surface area (Å²) in [6.07, 6.45) is 5.09. The highest BCUT2D eigenvalue weighted by atomic mass is 16.2. The molecule has 0 radical (unpaired) electrons. The lowest BCUT2D eigenvalue weighted by Crippen LogP contribution is -2.33. The zero-order valence-corrected chi connectivity index (χ0v) is 13.6. The number of amides is 1. The molecule has 24 heavy (non-hydrogen) atoms. The molecule has 0 atom stereocenters. The van der Waals surface area contributed by atoms with Crippen LogP contribution in [0.3, 0.4) is 0 Å². The van der Waals surface area contributed by atoms with E-state index in [1.54, 1.807) is 6.20 Å². The smallest absolute Gasteiger partial charge is 0.270 e. The average molecular weight is 332 g/mol. The third-order valence-electron chi connectivity index (χ3n) is 3.86. The summed E-state index contributed by atoms with van der Waals surface area (Å²) in [5, 5.41) is 18.0. The Kier molecular flexibility index (Phi) is 4.82. The topological polar surface area (TPSA) is 111 Å². The van der Waals surface area contributed by atoms with Crippen molar-refractivity contribution in [3.63, 3.8) is 0 Å². The van der Waals surface area contributed by atoms with Crippen molar-refractivity contribution in [2.45, 2.75) is 39.3 Å². The summed E-state index contributed by atoms with van der Waals surface area (Å²) >= 11 is 0. The fourth-order valence-electron chi connectivity index (χ4n) is 2.60. The molecule has 3 heterocycles. The zero-order chi connectivity index (χ0) is 16.9. The summed E-state index contributed by atoms with van der Waals surface area (Å²) in [6, 6.07) is 1.53. The Balaban J connectivity index is 1.64. The summed E-state index contributed by atoms with van der Waals surface area (Å²) in [6.45, 7) is 4.09. The van der Waals surface area contributed by atoms with Gasteiger partial charge in [0.25, 0.3) is 11.5 Å². The predicted molar refractivity (Wildman–Crippen MR) is 86.7 cm³/mol. The van der Waals surface area contributed by atoms with E-state index in [0.29, 0.717) is 6.54 Å². The van der Waals surface area contributed by atoms with Gasteiger partial charge >= 0.3 is 0 Å². The number of carbonyl (C=O) groups excluding carboxylic acids is 1. The highest BCUT2D eigenvalue weighted by Crippen LogP contribution is 2.16. The quantitative estimate of drug-likeness (QED) is 0.812. The molecule has 3 rings (SSSR count). The van der Waals surface area contributed by atoms with E-state index in [1.165, 1.54) is 17.3 Å². The number of aryl methyl sites for hydroxylation is 1. The molecule has 1 amide bonds. The van der Waals surface area contributed by atoms with Gasteiger partial charge in [0, 0.05) is 19.2 Å². The number of tetrazole rings is 1. The molecule has 0 bridgehead atoms. The van der Waals surface area contributed by atoms with Crippen LogP contribution in [0.4, 0.5) is 11.6 Å². The highest BCUT2D eigenvalue weighted by Gasteiger charge is 2.14. The number of aromatic nitrogens is 6. The van der Waals surface area contributed by atoms with E-state index in [9.17, 15) is 9.59 Å². The van der Waals surface area contributed by atoms with Crippen LogP contribution in [0.25, 0.3) is 0 Å². The van der Waals surface area contributed by atoms with Crippen LogP contribution >= 0.6 is 0 Å². The van der Waals surface area contributed by atoms with Gasteiger partial charge in [0.15, 0.2) is 0 Å². The molecular formula is C14H20N8O2. The van der Waals surface area contributed by atoms with E-state index in [4.69, 9.17) is 0 Å². The molecule has 0 saturated carbocycles. The maximum atomic E-state index is 12.2. The van der Waals surface area contributed by atoms with Gasteiger partial charge in [-0.2, -0.15) is 9.90 Å². The van der Waals surface area contributed by atoms with Gasteiger partial charge in [-0.3, -0.25) is 14.9 Å². The molecule has 1 aliphatic heterocycles. The molecule has 1 fully saturated rings. The third-order valence-corrected chi connectivity index (χ3v) is 3.86. The van der Waals surface area contributed by atoms with Gasteiger partial charge < -0.3 is 4.90 Å². The summed E-state index contributed by atoms with van der Waals surface area (Å²) in [5.41, 5.74) is 0.502. The van der Waals surface area contributed by atoms with Crippen LogP contribution in [0, 0.1) is 0 Å². The molecule has 0 unspecified atom stereocenters. The van der Waals surface area contributed by atoms with E-state index in [1.807, 2.05) is 6.92 Å². The van der Waals surface area contributed by atoms with Crippen molar-refractivity contribution in [2.75, 3.05) is 23.3 Å². The van der Waals surface area contributed by atoms with Crippen LogP contribution in [-0.2, 0) is 17.9 Å². The number of rotatable bonds is 5. The third kappa shape index (κ3) is 3.76. The Hall–Kier alpha value is -2.78. The van der Waals surface area contributed by atoms with Crippen LogP contribution in [0.1, 0.15) is 26.2 Å². The van der Waals surface area contributed by atoms with Crippen LogP contribution in [0.15, 0.2) is 17.1 Å². The first-order chi connectivity index (χ1) is 11.7. The Bertz CT molecular complexity index is 762. The van der Waals surface area contributed by atoms with Gasteiger partial charge in [-0.1, -0.05) is 5.10 Å². The molecule has 1 saturated heterocycles. The second-order valence-corrected chi connectivity index (χ2v) is 5.61. The number of nitrogens with one attached hydrogen (secondary N) is 1. The predicted octanol–water partition coefficient (Wildman–Crippen LogP) is -0.121. The molecule has 2 aromatic heterocycles.